The van der Waals surface area contributed by atoms with Gasteiger partial charge in [-0.2, -0.15) is 4.31 Å². The zero-order valence-corrected chi connectivity index (χ0v) is 11.3. The summed E-state index contributed by atoms with van der Waals surface area (Å²) >= 11 is 0. The molecule has 4 nitrogen and oxygen atoms in total. The van der Waals surface area contributed by atoms with Crippen LogP contribution in [0.3, 0.4) is 0 Å². The van der Waals surface area contributed by atoms with Crippen molar-refractivity contribution in [2.24, 2.45) is 0 Å². The first-order valence-corrected chi connectivity index (χ1v) is 7.46. The van der Waals surface area contributed by atoms with E-state index in [1.54, 1.807) is 4.31 Å². The number of rotatable bonds is 3. The molecule has 6 heteroatoms. The van der Waals surface area contributed by atoms with E-state index < -0.39 is 10.0 Å². The molecule has 0 aliphatic carbocycles. The van der Waals surface area contributed by atoms with E-state index in [1.165, 1.54) is 6.42 Å². The second-order valence-electron chi connectivity index (χ2n) is 4.62. The first-order chi connectivity index (χ1) is 7.12. The van der Waals surface area contributed by atoms with Gasteiger partial charge in [-0.05, 0) is 19.3 Å². The lowest BCUT2D eigenvalue weighted by atomic mass is 9.96. The van der Waals surface area contributed by atoms with Gasteiger partial charge in [0.15, 0.2) is 0 Å². The minimum absolute atomic E-state index is 0. The molecule has 2 saturated heterocycles. The van der Waals surface area contributed by atoms with Crippen molar-refractivity contribution in [3.8, 4) is 0 Å². The monoisotopic (exact) mass is 268 g/mol. The average molecular weight is 269 g/mol. The van der Waals surface area contributed by atoms with Gasteiger partial charge in [0.25, 0.3) is 0 Å². The first kappa shape index (κ1) is 14.2. The van der Waals surface area contributed by atoms with Gasteiger partial charge in [0.05, 0.1) is 5.75 Å². The molecule has 0 spiro atoms. The van der Waals surface area contributed by atoms with Crippen LogP contribution in [0.15, 0.2) is 0 Å². The third-order valence-corrected chi connectivity index (χ3v) is 5.29. The summed E-state index contributed by atoms with van der Waals surface area (Å²) < 4.78 is 25.5. The summed E-state index contributed by atoms with van der Waals surface area (Å²) in [5, 5.41) is 3.49. The molecule has 0 amide bonds. The molecule has 0 aromatic rings. The third-order valence-electron chi connectivity index (χ3n) is 3.28. The first-order valence-electron chi connectivity index (χ1n) is 5.85. The van der Waals surface area contributed by atoms with Gasteiger partial charge in [-0.15, -0.1) is 12.4 Å². The molecular weight excluding hydrogens is 248 g/mol. The fraction of sp³-hybridized carbons (Fsp3) is 1.00. The normalized spacial score (nSPS) is 30.8. The van der Waals surface area contributed by atoms with Crippen LogP contribution in [0.1, 0.15) is 32.6 Å². The van der Waals surface area contributed by atoms with Crippen LogP contribution in [-0.2, 0) is 10.0 Å². The fourth-order valence-electron chi connectivity index (χ4n) is 2.58. The molecule has 96 valence electrons. The number of nitrogens with one attached hydrogen (secondary N) is 1. The molecular formula is C10H21ClN2O2S. The number of fused-ring (bicyclic) bond motifs is 2. The molecule has 2 aliphatic rings. The van der Waals surface area contributed by atoms with E-state index in [1.807, 2.05) is 6.92 Å². The summed E-state index contributed by atoms with van der Waals surface area (Å²) in [4.78, 5) is 0. The molecule has 0 aromatic carbocycles. The van der Waals surface area contributed by atoms with E-state index >= 15 is 0 Å². The maximum atomic E-state index is 11.9. The molecule has 2 unspecified atom stereocenters. The summed E-state index contributed by atoms with van der Waals surface area (Å²) in [6, 6.07) is 0.785. The number of halogens is 1. The number of piperidine rings is 1. The number of nitrogens with zero attached hydrogens (tertiary/aromatic N) is 1. The number of piperazine rings is 1. The lowest BCUT2D eigenvalue weighted by Gasteiger charge is -2.41. The highest BCUT2D eigenvalue weighted by atomic mass is 35.5. The lowest BCUT2D eigenvalue weighted by Crippen LogP contribution is -2.60. The average Bonchev–Trinajstić information content (AvgIpc) is 2.17. The number of hydrogen-bond acceptors (Lipinski definition) is 3. The molecule has 16 heavy (non-hydrogen) atoms. The van der Waals surface area contributed by atoms with Gasteiger partial charge in [-0.25, -0.2) is 8.42 Å². The van der Waals surface area contributed by atoms with Crippen molar-refractivity contribution >= 4 is 22.4 Å². The quantitative estimate of drug-likeness (QED) is 0.830. The fourth-order valence-corrected chi connectivity index (χ4v) is 4.17. The van der Waals surface area contributed by atoms with Gasteiger partial charge >= 0.3 is 0 Å². The standard InChI is InChI=1S/C10H20N2O2S.ClH/c1-2-6-15(13,14)12-7-9-4-3-5-10(8-12)11-9;/h9-11H,2-8H2,1H3;1H. The van der Waals surface area contributed by atoms with Crippen LogP contribution >= 0.6 is 12.4 Å². The van der Waals surface area contributed by atoms with E-state index in [-0.39, 0.29) is 12.4 Å². The Bertz CT molecular complexity index is 309. The Morgan fingerprint density at radius 3 is 2.31 bits per heavy atom. The Morgan fingerprint density at radius 1 is 1.25 bits per heavy atom. The largest absolute Gasteiger partial charge is 0.309 e. The van der Waals surface area contributed by atoms with E-state index in [0.29, 0.717) is 37.3 Å². The lowest BCUT2D eigenvalue weighted by molar-refractivity contribution is 0.190. The van der Waals surface area contributed by atoms with Crippen LogP contribution < -0.4 is 5.32 Å². The summed E-state index contributed by atoms with van der Waals surface area (Å²) in [6.07, 6.45) is 4.19. The minimum Gasteiger partial charge on any atom is -0.309 e. The van der Waals surface area contributed by atoms with Gasteiger partial charge in [-0.1, -0.05) is 13.3 Å². The smallest absolute Gasteiger partial charge is 0.214 e. The van der Waals surface area contributed by atoms with Crippen LogP contribution in [0.5, 0.6) is 0 Å². The summed E-state index contributed by atoms with van der Waals surface area (Å²) in [6.45, 7) is 3.28. The van der Waals surface area contributed by atoms with Gasteiger partial charge < -0.3 is 5.32 Å². The third kappa shape index (κ3) is 3.09. The van der Waals surface area contributed by atoms with Crippen molar-refractivity contribution in [3.63, 3.8) is 0 Å². The summed E-state index contributed by atoms with van der Waals surface area (Å²) in [5.41, 5.74) is 0. The molecule has 0 radical (unpaired) electrons. The topological polar surface area (TPSA) is 49.4 Å². The predicted molar refractivity (Wildman–Crippen MR) is 67.5 cm³/mol. The zero-order valence-electron chi connectivity index (χ0n) is 9.68. The van der Waals surface area contributed by atoms with Crippen LogP contribution in [0.2, 0.25) is 0 Å². The molecule has 0 saturated carbocycles. The van der Waals surface area contributed by atoms with Crippen LogP contribution in [-0.4, -0.2) is 43.6 Å². The Morgan fingerprint density at radius 2 is 1.81 bits per heavy atom. The highest BCUT2D eigenvalue weighted by molar-refractivity contribution is 7.89. The minimum atomic E-state index is -2.98. The van der Waals surface area contributed by atoms with Crippen molar-refractivity contribution in [2.45, 2.75) is 44.7 Å². The van der Waals surface area contributed by atoms with Crippen molar-refractivity contribution in [1.29, 1.82) is 0 Å². The second-order valence-corrected chi connectivity index (χ2v) is 6.71. The number of sulfonamides is 1. The van der Waals surface area contributed by atoms with E-state index in [2.05, 4.69) is 5.32 Å². The highest BCUT2D eigenvalue weighted by Crippen LogP contribution is 2.21. The summed E-state index contributed by atoms with van der Waals surface area (Å²) in [7, 11) is -2.98. The maximum absolute atomic E-state index is 11.9. The Labute approximate surface area is 104 Å². The molecule has 2 aliphatic heterocycles. The molecule has 2 rings (SSSR count). The summed E-state index contributed by atoms with van der Waals surface area (Å²) in [5.74, 6) is 0.298. The zero-order chi connectivity index (χ0) is 10.9. The molecule has 2 atom stereocenters. The van der Waals surface area contributed by atoms with E-state index in [4.69, 9.17) is 0 Å². The second kappa shape index (κ2) is 5.67. The van der Waals surface area contributed by atoms with Gasteiger partial charge in [0, 0.05) is 25.2 Å². The van der Waals surface area contributed by atoms with Crippen LogP contribution in [0, 0.1) is 0 Å². The Hall–Kier alpha value is 0.160. The molecule has 0 aromatic heterocycles. The van der Waals surface area contributed by atoms with Gasteiger partial charge in [-0.3, -0.25) is 0 Å². The predicted octanol–water partition coefficient (Wildman–Crippen LogP) is 0.974. The highest BCUT2D eigenvalue weighted by Gasteiger charge is 2.34. The Balaban J connectivity index is 0.00000128. The molecule has 2 heterocycles. The number of hydrogen-bond donors (Lipinski definition) is 1. The maximum Gasteiger partial charge on any atom is 0.214 e. The van der Waals surface area contributed by atoms with Crippen molar-refractivity contribution < 1.29 is 8.42 Å². The van der Waals surface area contributed by atoms with Crippen molar-refractivity contribution in [3.05, 3.63) is 0 Å². The van der Waals surface area contributed by atoms with Gasteiger partial charge in [0.1, 0.15) is 0 Å². The molecule has 1 N–H and O–H groups in total. The van der Waals surface area contributed by atoms with E-state index in [9.17, 15) is 8.42 Å². The van der Waals surface area contributed by atoms with E-state index in [0.717, 1.165) is 12.8 Å². The van der Waals surface area contributed by atoms with Crippen molar-refractivity contribution in [1.82, 2.24) is 9.62 Å². The van der Waals surface area contributed by atoms with Crippen molar-refractivity contribution in [2.75, 3.05) is 18.8 Å². The van der Waals surface area contributed by atoms with Crippen LogP contribution in [0.25, 0.3) is 0 Å². The van der Waals surface area contributed by atoms with Gasteiger partial charge in [0.2, 0.25) is 10.0 Å². The Kier molecular flexibility index (Phi) is 5.04. The molecule has 2 bridgehead atoms. The molecule has 2 fully saturated rings. The SMILES string of the molecule is CCCS(=O)(=O)N1CC2CCCC(C1)N2.Cl. The van der Waals surface area contributed by atoms with Crippen LogP contribution in [0.4, 0.5) is 0 Å².